The number of rotatable bonds is 9. The van der Waals surface area contributed by atoms with E-state index in [9.17, 15) is 9.90 Å². The molecule has 0 saturated carbocycles. The predicted molar refractivity (Wildman–Crippen MR) is 159 cm³/mol. The number of benzene rings is 3. The van der Waals surface area contributed by atoms with Gasteiger partial charge in [0.2, 0.25) is 0 Å². The Morgan fingerprint density at radius 3 is 2.64 bits per heavy atom. The van der Waals surface area contributed by atoms with Crippen LogP contribution in [-0.2, 0) is 23.6 Å². The zero-order chi connectivity index (χ0) is 29.4. The maximum atomic E-state index is 11.6. The summed E-state index contributed by atoms with van der Waals surface area (Å²) in [6.45, 7) is 5.47. The number of nitrogens with zero attached hydrogens (tertiary/aromatic N) is 3. The summed E-state index contributed by atoms with van der Waals surface area (Å²) in [5.74, 6) is 1.41. The fourth-order valence-electron chi connectivity index (χ4n) is 6.03. The van der Waals surface area contributed by atoms with E-state index in [1.807, 2.05) is 31.2 Å². The number of aromatic carboxylic acids is 1. The molecule has 1 fully saturated rings. The highest BCUT2D eigenvalue weighted by atomic mass is 35.5. The van der Waals surface area contributed by atoms with Crippen LogP contribution in [-0.4, -0.2) is 59.4 Å². The molecule has 42 heavy (non-hydrogen) atoms. The average Bonchev–Trinajstić information content (AvgIpc) is 3.52. The first-order chi connectivity index (χ1) is 20.3. The summed E-state index contributed by atoms with van der Waals surface area (Å²) in [4.78, 5) is 18.8. The average molecular weight is 592 g/mol. The number of ether oxygens (including phenoxy) is 4. The van der Waals surface area contributed by atoms with E-state index in [1.54, 1.807) is 38.5 Å². The Balaban J connectivity index is 1.18. The van der Waals surface area contributed by atoms with Gasteiger partial charge < -0.3 is 28.6 Å². The zero-order valence-corrected chi connectivity index (χ0v) is 24.7. The lowest BCUT2D eigenvalue weighted by Gasteiger charge is -2.32. The summed E-state index contributed by atoms with van der Waals surface area (Å²) in [5, 5.41) is 10.0. The Kier molecular flexibility index (Phi) is 7.74. The minimum Gasteiger partial charge on any atom is -0.497 e. The molecule has 0 aliphatic carbocycles. The van der Waals surface area contributed by atoms with Crippen molar-refractivity contribution in [3.63, 3.8) is 0 Å². The summed E-state index contributed by atoms with van der Waals surface area (Å²) < 4.78 is 25.6. The Morgan fingerprint density at radius 1 is 1.12 bits per heavy atom. The lowest BCUT2D eigenvalue weighted by atomic mass is 9.88. The van der Waals surface area contributed by atoms with Crippen molar-refractivity contribution in [2.45, 2.75) is 44.6 Å². The largest absolute Gasteiger partial charge is 0.497 e. The molecule has 1 atom stereocenters. The first kappa shape index (κ1) is 28.3. The molecule has 4 aromatic rings. The molecule has 10 heteroatoms. The number of aromatic nitrogens is 2. The Bertz CT molecular complexity index is 1630. The van der Waals surface area contributed by atoms with Gasteiger partial charge >= 0.3 is 5.97 Å². The molecule has 3 heterocycles. The second-order valence-electron chi connectivity index (χ2n) is 10.9. The lowest BCUT2D eigenvalue weighted by Crippen LogP contribution is -2.34. The van der Waals surface area contributed by atoms with Crippen LogP contribution in [0.2, 0.25) is 5.02 Å². The lowest BCUT2D eigenvalue weighted by molar-refractivity contribution is -0.0684. The maximum Gasteiger partial charge on any atom is 0.335 e. The quantitative estimate of drug-likeness (QED) is 0.251. The summed E-state index contributed by atoms with van der Waals surface area (Å²) >= 11 is 6.59. The minimum absolute atomic E-state index is 0.250. The molecule has 6 rings (SSSR count). The van der Waals surface area contributed by atoms with Crippen molar-refractivity contribution in [2.75, 3.05) is 33.9 Å². The molecular formula is C32H34ClN3O6. The number of carboxylic acid groups (broad SMARTS) is 1. The van der Waals surface area contributed by atoms with Crippen molar-refractivity contribution in [3.8, 4) is 17.2 Å². The fraction of sp³-hybridized carbons (Fsp3) is 0.375. The number of hydrogen-bond acceptors (Lipinski definition) is 7. The fourth-order valence-corrected chi connectivity index (χ4v) is 6.37. The van der Waals surface area contributed by atoms with Crippen molar-refractivity contribution in [1.82, 2.24) is 14.5 Å². The molecule has 1 N–H and O–H groups in total. The zero-order valence-electron chi connectivity index (χ0n) is 23.9. The first-order valence-electron chi connectivity index (χ1n) is 14.1. The molecular weight excluding hydrogens is 558 g/mol. The van der Waals surface area contributed by atoms with Gasteiger partial charge in [-0.2, -0.15) is 0 Å². The number of para-hydroxylation sites is 1. The highest BCUT2D eigenvalue weighted by molar-refractivity contribution is 6.31. The van der Waals surface area contributed by atoms with Gasteiger partial charge in [-0.05, 0) is 74.3 Å². The molecule has 2 aliphatic rings. The Labute approximate surface area is 249 Å². The molecule has 0 amide bonds. The third kappa shape index (κ3) is 5.28. The van der Waals surface area contributed by atoms with Crippen LogP contribution in [0, 0.1) is 0 Å². The first-order valence-corrected chi connectivity index (χ1v) is 14.5. The second-order valence-corrected chi connectivity index (χ2v) is 11.3. The molecule has 1 unspecified atom stereocenters. The third-order valence-corrected chi connectivity index (χ3v) is 8.57. The van der Waals surface area contributed by atoms with Crippen molar-refractivity contribution in [2.24, 2.45) is 0 Å². The van der Waals surface area contributed by atoms with Crippen LogP contribution in [0.5, 0.6) is 17.2 Å². The molecule has 0 spiro atoms. The highest BCUT2D eigenvalue weighted by Gasteiger charge is 2.42. The van der Waals surface area contributed by atoms with Gasteiger partial charge in [-0.15, -0.1) is 0 Å². The Hall–Kier alpha value is -3.79. The summed E-state index contributed by atoms with van der Waals surface area (Å²) in [6.07, 6.45) is 1.92. The van der Waals surface area contributed by atoms with Gasteiger partial charge in [0.05, 0.1) is 47.4 Å². The monoisotopic (exact) mass is 591 g/mol. The van der Waals surface area contributed by atoms with Crippen LogP contribution in [0.3, 0.4) is 0 Å². The Morgan fingerprint density at radius 2 is 1.93 bits per heavy atom. The normalized spacial score (nSPS) is 19.0. The summed E-state index contributed by atoms with van der Waals surface area (Å²) in [6, 6.07) is 16.7. The van der Waals surface area contributed by atoms with E-state index in [2.05, 4.69) is 15.5 Å². The number of likely N-dealkylation sites (tertiary alicyclic amines) is 1. The van der Waals surface area contributed by atoms with Crippen LogP contribution in [0.15, 0.2) is 54.6 Å². The van der Waals surface area contributed by atoms with E-state index in [-0.39, 0.29) is 5.56 Å². The number of carbonyl (C=O) groups is 1. The van der Waals surface area contributed by atoms with Crippen LogP contribution in [0.25, 0.3) is 11.0 Å². The molecule has 1 aromatic heterocycles. The van der Waals surface area contributed by atoms with Gasteiger partial charge in [-0.3, -0.25) is 4.90 Å². The van der Waals surface area contributed by atoms with Gasteiger partial charge in [0.1, 0.15) is 11.6 Å². The van der Waals surface area contributed by atoms with E-state index in [1.165, 1.54) is 0 Å². The number of carboxylic acids is 1. The number of halogens is 1. The molecule has 220 valence electrons. The van der Waals surface area contributed by atoms with Crippen molar-refractivity contribution in [3.05, 3.63) is 82.1 Å². The number of hydrogen-bond donors (Lipinski definition) is 1. The molecule has 0 radical (unpaired) electrons. The molecule has 1 saturated heterocycles. The van der Waals surface area contributed by atoms with E-state index < -0.39 is 11.8 Å². The molecule has 0 bridgehead atoms. The molecule has 3 aromatic carbocycles. The number of imidazole rings is 1. The van der Waals surface area contributed by atoms with Crippen LogP contribution < -0.4 is 14.2 Å². The minimum atomic E-state index is -1.04. The van der Waals surface area contributed by atoms with Crippen LogP contribution in [0.1, 0.15) is 53.0 Å². The molecule has 9 nitrogen and oxygen atoms in total. The smallest absolute Gasteiger partial charge is 0.335 e. The maximum absolute atomic E-state index is 11.6. The predicted octanol–water partition coefficient (Wildman–Crippen LogP) is 6.07. The van der Waals surface area contributed by atoms with Crippen LogP contribution >= 0.6 is 11.6 Å². The van der Waals surface area contributed by atoms with Crippen molar-refractivity contribution >= 4 is 28.6 Å². The van der Waals surface area contributed by atoms with Gasteiger partial charge in [0, 0.05) is 26.1 Å². The summed E-state index contributed by atoms with van der Waals surface area (Å²) in [5.41, 5.74) is 3.75. The number of fused-ring (bicyclic) bond motifs is 2. The summed E-state index contributed by atoms with van der Waals surface area (Å²) in [7, 11) is 3.27. The van der Waals surface area contributed by atoms with E-state index in [0.29, 0.717) is 36.4 Å². The number of piperidine rings is 1. The van der Waals surface area contributed by atoms with Gasteiger partial charge in [0.15, 0.2) is 11.5 Å². The third-order valence-electron chi connectivity index (χ3n) is 8.26. The van der Waals surface area contributed by atoms with Crippen LogP contribution in [0.4, 0.5) is 0 Å². The van der Waals surface area contributed by atoms with E-state index in [4.69, 9.17) is 35.5 Å². The second kappa shape index (κ2) is 11.5. The van der Waals surface area contributed by atoms with Crippen molar-refractivity contribution < 1.29 is 28.8 Å². The van der Waals surface area contributed by atoms with E-state index >= 15 is 0 Å². The van der Waals surface area contributed by atoms with Gasteiger partial charge in [-0.1, -0.05) is 23.7 Å². The van der Waals surface area contributed by atoms with Gasteiger partial charge in [0.25, 0.3) is 5.79 Å². The molecule has 2 aliphatic heterocycles. The SMILES string of the molecule is COCCn1c(CN2CCC(c3cccc4c3OC(C)(c3ccc(OC)cc3Cl)O4)CC2)nc2ccc(C(=O)O)cc21. The van der Waals surface area contributed by atoms with E-state index in [0.717, 1.165) is 65.4 Å². The number of methoxy groups -OCH3 is 2. The highest BCUT2D eigenvalue weighted by Crippen LogP contribution is 2.50. The van der Waals surface area contributed by atoms with Crippen molar-refractivity contribution in [1.29, 1.82) is 0 Å². The van der Waals surface area contributed by atoms with Gasteiger partial charge in [-0.25, -0.2) is 9.78 Å². The standard InChI is InChI=1S/C32H34ClN3O6/c1-32(24-9-8-22(40-3)18-25(24)33)41-28-6-4-5-23(30(28)42-32)20-11-13-35(14-12-20)19-29-34-26-10-7-21(31(37)38)17-27(26)36(29)15-16-39-2/h4-10,17-18,20H,11-16,19H2,1-3H3,(H,37,38). The topological polar surface area (TPSA) is 95.3 Å².